The van der Waals surface area contributed by atoms with Gasteiger partial charge in [-0.15, -0.1) is 0 Å². The van der Waals surface area contributed by atoms with Gasteiger partial charge in [0.05, 0.1) is 12.5 Å². The first-order valence-electron chi connectivity index (χ1n) is 9.95. The van der Waals surface area contributed by atoms with Crippen LogP contribution in [0.3, 0.4) is 0 Å². The van der Waals surface area contributed by atoms with Crippen LogP contribution < -0.4 is 15.0 Å². The topological polar surface area (TPSA) is 84.9 Å². The second-order valence-corrected chi connectivity index (χ2v) is 7.26. The average molecular weight is 410 g/mol. The molecule has 158 valence electrons. The monoisotopic (exact) mass is 410 g/mol. The molecule has 1 heterocycles. The van der Waals surface area contributed by atoms with Crippen molar-refractivity contribution >= 4 is 29.2 Å². The van der Waals surface area contributed by atoms with E-state index in [1.54, 1.807) is 29.2 Å². The fourth-order valence-electron chi connectivity index (χ4n) is 3.45. The van der Waals surface area contributed by atoms with E-state index in [-0.39, 0.29) is 25.5 Å². The predicted molar refractivity (Wildman–Crippen MR) is 114 cm³/mol. The summed E-state index contributed by atoms with van der Waals surface area (Å²) in [6, 6.07) is 12.9. The first-order valence-corrected chi connectivity index (χ1v) is 9.95. The SMILES string of the molecule is CCOc1ccc(N2C[C@@H](C(=O)OCC(=O)Nc3c(C)cccc3C)CC2=O)cc1. The van der Waals surface area contributed by atoms with Crippen LogP contribution in [0.4, 0.5) is 11.4 Å². The van der Waals surface area contributed by atoms with Gasteiger partial charge in [-0.2, -0.15) is 0 Å². The minimum Gasteiger partial charge on any atom is -0.494 e. The van der Waals surface area contributed by atoms with Gasteiger partial charge in [0.25, 0.3) is 5.91 Å². The number of nitrogens with zero attached hydrogens (tertiary/aromatic N) is 1. The fraction of sp³-hybridized carbons (Fsp3) is 0.348. The molecule has 7 heteroatoms. The average Bonchev–Trinajstić information content (AvgIpc) is 3.11. The second-order valence-electron chi connectivity index (χ2n) is 7.26. The van der Waals surface area contributed by atoms with Gasteiger partial charge in [-0.3, -0.25) is 14.4 Å². The van der Waals surface area contributed by atoms with E-state index in [0.29, 0.717) is 12.3 Å². The Labute approximate surface area is 176 Å². The number of para-hydroxylation sites is 1. The summed E-state index contributed by atoms with van der Waals surface area (Å²) in [7, 11) is 0. The summed E-state index contributed by atoms with van der Waals surface area (Å²) < 4.78 is 10.6. The lowest BCUT2D eigenvalue weighted by molar-refractivity contribution is -0.151. The van der Waals surface area contributed by atoms with Crippen molar-refractivity contribution in [3.8, 4) is 5.75 Å². The molecule has 1 aliphatic rings. The molecule has 0 aliphatic carbocycles. The van der Waals surface area contributed by atoms with Crippen LogP contribution in [0.15, 0.2) is 42.5 Å². The third-order valence-electron chi connectivity index (χ3n) is 5.01. The minimum absolute atomic E-state index is 0.0601. The number of hydrogen-bond acceptors (Lipinski definition) is 5. The molecule has 0 saturated carbocycles. The molecule has 0 spiro atoms. The summed E-state index contributed by atoms with van der Waals surface area (Å²) in [6.07, 6.45) is 0.0601. The number of aryl methyl sites for hydroxylation is 2. The molecule has 1 saturated heterocycles. The van der Waals surface area contributed by atoms with Gasteiger partial charge >= 0.3 is 5.97 Å². The van der Waals surface area contributed by atoms with Crippen molar-refractivity contribution in [3.63, 3.8) is 0 Å². The Morgan fingerprint density at radius 1 is 1.10 bits per heavy atom. The molecule has 30 heavy (non-hydrogen) atoms. The standard InChI is InChI=1S/C23H26N2O5/c1-4-29-19-10-8-18(9-11-19)25-13-17(12-21(25)27)23(28)30-14-20(26)24-22-15(2)6-5-7-16(22)3/h5-11,17H,4,12-14H2,1-3H3,(H,24,26)/t17-/m0/s1. The highest BCUT2D eigenvalue weighted by Crippen LogP contribution is 2.27. The third kappa shape index (κ3) is 4.97. The normalized spacial score (nSPS) is 15.8. The van der Waals surface area contributed by atoms with E-state index in [1.165, 1.54) is 0 Å². The van der Waals surface area contributed by atoms with Crippen LogP contribution in [0, 0.1) is 19.8 Å². The largest absolute Gasteiger partial charge is 0.494 e. The van der Waals surface area contributed by atoms with Crippen LogP contribution in [0.2, 0.25) is 0 Å². The van der Waals surface area contributed by atoms with Crippen molar-refractivity contribution in [2.45, 2.75) is 27.2 Å². The number of ether oxygens (including phenoxy) is 2. The Kier molecular flexibility index (Phi) is 6.72. The molecular formula is C23H26N2O5. The van der Waals surface area contributed by atoms with Crippen molar-refractivity contribution in [2.24, 2.45) is 5.92 Å². The van der Waals surface area contributed by atoms with Gasteiger partial charge in [0.15, 0.2) is 6.61 Å². The van der Waals surface area contributed by atoms with Crippen LogP contribution in [-0.2, 0) is 19.1 Å². The van der Waals surface area contributed by atoms with Crippen LogP contribution >= 0.6 is 0 Å². The maximum atomic E-state index is 12.4. The van der Waals surface area contributed by atoms with Gasteiger partial charge in [0.1, 0.15) is 5.75 Å². The van der Waals surface area contributed by atoms with Crippen LogP contribution in [0.25, 0.3) is 0 Å². The summed E-state index contributed by atoms with van der Waals surface area (Å²) in [5, 5.41) is 2.78. The van der Waals surface area contributed by atoms with E-state index >= 15 is 0 Å². The third-order valence-corrected chi connectivity index (χ3v) is 5.01. The molecule has 1 atom stereocenters. The maximum absolute atomic E-state index is 12.4. The zero-order valence-corrected chi connectivity index (χ0v) is 17.4. The highest BCUT2D eigenvalue weighted by atomic mass is 16.5. The lowest BCUT2D eigenvalue weighted by atomic mass is 10.1. The van der Waals surface area contributed by atoms with Gasteiger partial charge in [0, 0.05) is 24.3 Å². The number of rotatable bonds is 7. The number of hydrogen-bond donors (Lipinski definition) is 1. The lowest BCUT2D eigenvalue weighted by Crippen LogP contribution is -2.28. The summed E-state index contributed by atoms with van der Waals surface area (Å²) >= 11 is 0. The first-order chi connectivity index (χ1) is 14.4. The molecule has 0 bridgehead atoms. The van der Waals surface area contributed by atoms with E-state index in [4.69, 9.17) is 9.47 Å². The zero-order chi connectivity index (χ0) is 21.7. The molecule has 3 rings (SSSR count). The maximum Gasteiger partial charge on any atom is 0.311 e. The fourth-order valence-corrected chi connectivity index (χ4v) is 3.45. The Hall–Kier alpha value is -3.35. The number of carbonyl (C=O) groups is 3. The number of anilines is 2. The minimum atomic E-state index is -0.600. The van der Waals surface area contributed by atoms with E-state index in [9.17, 15) is 14.4 Å². The van der Waals surface area contributed by atoms with Crippen LogP contribution in [-0.4, -0.2) is 37.5 Å². The van der Waals surface area contributed by atoms with Crippen molar-refractivity contribution in [2.75, 3.05) is 30.0 Å². The summed E-state index contributed by atoms with van der Waals surface area (Å²) in [6.45, 7) is 6.09. The summed E-state index contributed by atoms with van der Waals surface area (Å²) in [4.78, 5) is 38.5. The number of amides is 2. The highest BCUT2D eigenvalue weighted by molar-refractivity contribution is 6.00. The molecule has 0 unspecified atom stereocenters. The Morgan fingerprint density at radius 2 is 1.77 bits per heavy atom. The molecule has 2 aromatic carbocycles. The van der Waals surface area contributed by atoms with Gasteiger partial charge in [-0.05, 0) is 56.2 Å². The van der Waals surface area contributed by atoms with E-state index < -0.39 is 17.8 Å². The predicted octanol–water partition coefficient (Wildman–Crippen LogP) is 3.24. The molecule has 0 aromatic heterocycles. The number of benzene rings is 2. The van der Waals surface area contributed by atoms with Crippen molar-refractivity contribution < 1.29 is 23.9 Å². The first kappa shape index (κ1) is 21.4. The van der Waals surface area contributed by atoms with Crippen molar-refractivity contribution in [1.82, 2.24) is 0 Å². The van der Waals surface area contributed by atoms with Gasteiger partial charge < -0.3 is 19.7 Å². The zero-order valence-electron chi connectivity index (χ0n) is 17.4. The lowest BCUT2D eigenvalue weighted by Gasteiger charge is -2.17. The molecule has 2 aromatic rings. The molecule has 2 amide bonds. The molecule has 1 aliphatic heterocycles. The smallest absolute Gasteiger partial charge is 0.311 e. The van der Waals surface area contributed by atoms with Gasteiger partial charge in [0.2, 0.25) is 5.91 Å². The quantitative estimate of drug-likeness (QED) is 0.709. The number of esters is 1. The van der Waals surface area contributed by atoms with Crippen molar-refractivity contribution in [1.29, 1.82) is 0 Å². The van der Waals surface area contributed by atoms with Gasteiger partial charge in [-0.25, -0.2) is 0 Å². The van der Waals surface area contributed by atoms with Crippen molar-refractivity contribution in [3.05, 3.63) is 53.6 Å². The van der Waals surface area contributed by atoms with Gasteiger partial charge in [-0.1, -0.05) is 18.2 Å². The second kappa shape index (κ2) is 9.43. The Balaban J connectivity index is 1.53. The number of nitrogens with one attached hydrogen (secondary N) is 1. The Morgan fingerprint density at radius 3 is 2.40 bits per heavy atom. The van der Waals surface area contributed by atoms with E-state index in [1.807, 2.05) is 39.0 Å². The van der Waals surface area contributed by atoms with E-state index in [2.05, 4.69) is 5.32 Å². The highest BCUT2D eigenvalue weighted by Gasteiger charge is 2.36. The molecule has 7 nitrogen and oxygen atoms in total. The van der Waals surface area contributed by atoms with Crippen LogP contribution in [0.5, 0.6) is 5.75 Å². The summed E-state index contributed by atoms with van der Waals surface area (Å²) in [5.74, 6) is -0.987. The molecule has 1 N–H and O–H groups in total. The van der Waals surface area contributed by atoms with Crippen LogP contribution in [0.1, 0.15) is 24.5 Å². The molecular weight excluding hydrogens is 384 g/mol. The van der Waals surface area contributed by atoms with E-state index in [0.717, 1.165) is 22.6 Å². The summed E-state index contributed by atoms with van der Waals surface area (Å²) in [5.41, 5.74) is 3.28. The Bertz CT molecular complexity index is 919. The number of carbonyl (C=O) groups excluding carboxylic acids is 3. The molecule has 0 radical (unpaired) electrons. The molecule has 1 fully saturated rings.